The van der Waals surface area contributed by atoms with Crippen molar-refractivity contribution in [2.75, 3.05) is 18.6 Å². The molecule has 2 N–H and O–H groups in total. The van der Waals surface area contributed by atoms with Crippen molar-refractivity contribution in [2.45, 2.75) is 25.2 Å². The second kappa shape index (κ2) is 6.41. The zero-order valence-electron chi connectivity index (χ0n) is 13.2. The summed E-state index contributed by atoms with van der Waals surface area (Å²) >= 11 is 0. The van der Waals surface area contributed by atoms with Gasteiger partial charge in [-0.2, -0.15) is 5.10 Å². The molecule has 7 nitrogen and oxygen atoms in total. The van der Waals surface area contributed by atoms with Crippen LogP contribution < -0.4 is 5.73 Å². The van der Waals surface area contributed by atoms with Gasteiger partial charge in [0.25, 0.3) is 0 Å². The molecular formula is C15H19N3O4S. The van der Waals surface area contributed by atoms with Crippen LogP contribution in [0.25, 0.3) is 5.69 Å². The molecule has 0 aliphatic heterocycles. The van der Waals surface area contributed by atoms with Crippen LogP contribution >= 0.6 is 0 Å². The van der Waals surface area contributed by atoms with Gasteiger partial charge >= 0.3 is 5.97 Å². The molecular weight excluding hydrogens is 318 g/mol. The van der Waals surface area contributed by atoms with E-state index >= 15 is 0 Å². The molecule has 124 valence electrons. The van der Waals surface area contributed by atoms with Crippen LogP contribution in [0.3, 0.4) is 0 Å². The third-order valence-corrected chi connectivity index (χ3v) is 4.45. The standard InChI is InChI=1S/C15H19N3O4S/c1-4-12-13(15(19)22-5-2)14(16)18(17-12)10-6-8-11(9-7-10)23(3,20)21/h6-9H,4-5,16H2,1-3H3. The van der Waals surface area contributed by atoms with E-state index in [1.165, 1.54) is 16.8 Å². The van der Waals surface area contributed by atoms with E-state index in [1.807, 2.05) is 6.92 Å². The third-order valence-electron chi connectivity index (χ3n) is 3.32. The summed E-state index contributed by atoms with van der Waals surface area (Å²) in [5.41, 5.74) is 7.40. The summed E-state index contributed by atoms with van der Waals surface area (Å²) in [4.78, 5) is 12.2. The molecule has 0 radical (unpaired) electrons. The Labute approximate surface area is 135 Å². The summed E-state index contributed by atoms with van der Waals surface area (Å²) in [7, 11) is -3.28. The van der Waals surface area contributed by atoms with Crippen molar-refractivity contribution in [2.24, 2.45) is 0 Å². The van der Waals surface area contributed by atoms with Gasteiger partial charge in [-0.3, -0.25) is 0 Å². The number of sulfone groups is 1. The highest BCUT2D eigenvalue weighted by Gasteiger charge is 2.23. The molecule has 0 unspecified atom stereocenters. The summed E-state index contributed by atoms with van der Waals surface area (Å²) < 4.78 is 29.4. The quantitative estimate of drug-likeness (QED) is 0.831. The Morgan fingerprint density at radius 3 is 2.35 bits per heavy atom. The maximum atomic E-state index is 12.0. The number of nitrogens with two attached hydrogens (primary N) is 1. The van der Waals surface area contributed by atoms with Gasteiger partial charge in [0, 0.05) is 6.26 Å². The number of esters is 1. The maximum Gasteiger partial charge on any atom is 0.343 e. The Bertz CT molecular complexity index is 823. The Morgan fingerprint density at radius 2 is 1.87 bits per heavy atom. The van der Waals surface area contributed by atoms with Crippen LogP contribution in [-0.2, 0) is 21.0 Å². The third kappa shape index (κ3) is 3.37. The number of nitrogens with zero attached hydrogens (tertiary/aromatic N) is 2. The molecule has 0 aliphatic carbocycles. The minimum Gasteiger partial charge on any atom is -0.462 e. The molecule has 0 saturated heterocycles. The summed E-state index contributed by atoms with van der Waals surface area (Å²) in [6.07, 6.45) is 1.66. The molecule has 0 bridgehead atoms. The Morgan fingerprint density at radius 1 is 1.26 bits per heavy atom. The van der Waals surface area contributed by atoms with E-state index in [1.54, 1.807) is 19.1 Å². The van der Waals surface area contributed by atoms with E-state index in [0.717, 1.165) is 6.26 Å². The van der Waals surface area contributed by atoms with Crippen LogP contribution in [0.2, 0.25) is 0 Å². The first-order chi connectivity index (χ1) is 10.8. The molecule has 0 saturated carbocycles. The van der Waals surface area contributed by atoms with E-state index in [4.69, 9.17) is 10.5 Å². The topological polar surface area (TPSA) is 104 Å². The van der Waals surface area contributed by atoms with Gasteiger partial charge in [0.2, 0.25) is 0 Å². The Balaban J connectivity index is 2.50. The molecule has 8 heteroatoms. The smallest absolute Gasteiger partial charge is 0.343 e. The molecule has 0 spiro atoms. The summed E-state index contributed by atoms with van der Waals surface area (Å²) in [5, 5.41) is 4.34. The summed E-state index contributed by atoms with van der Waals surface area (Å²) in [6.45, 7) is 3.82. The number of carbonyl (C=O) groups excluding carboxylic acids is 1. The number of ether oxygens (including phenoxy) is 1. The van der Waals surface area contributed by atoms with E-state index in [-0.39, 0.29) is 22.9 Å². The average molecular weight is 337 g/mol. The molecule has 0 aliphatic rings. The average Bonchev–Trinajstić information content (AvgIpc) is 2.83. The number of carbonyl (C=O) groups is 1. The van der Waals surface area contributed by atoms with Crippen molar-refractivity contribution in [1.82, 2.24) is 9.78 Å². The predicted molar refractivity (Wildman–Crippen MR) is 86.4 cm³/mol. The molecule has 2 aromatic rings. The number of nitrogen functional groups attached to an aromatic ring is 1. The van der Waals surface area contributed by atoms with Crippen LogP contribution in [0.1, 0.15) is 29.9 Å². The number of rotatable bonds is 5. The van der Waals surface area contributed by atoms with Crippen LogP contribution in [0.4, 0.5) is 5.82 Å². The summed E-state index contributed by atoms with van der Waals surface area (Å²) in [6, 6.07) is 6.13. The van der Waals surface area contributed by atoms with Crippen molar-refractivity contribution in [3.8, 4) is 5.69 Å². The fourth-order valence-electron chi connectivity index (χ4n) is 2.18. The number of hydrogen-bond acceptors (Lipinski definition) is 6. The normalized spacial score (nSPS) is 11.4. The lowest BCUT2D eigenvalue weighted by molar-refractivity contribution is 0.0526. The SMILES string of the molecule is CCOC(=O)c1c(CC)nn(-c2ccc(S(C)(=O)=O)cc2)c1N. The predicted octanol–water partition coefficient (Wildman–Crippen LogP) is 1.60. The van der Waals surface area contributed by atoms with Crippen LogP contribution in [0, 0.1) is 0 Å². The van der Waals surface area contributed by atoms with Crippen molar-refractivity contribution in [1.29, 1.82) is 0 Å². The van der Waals surface area contributed by atoms with Gasteiger partial charge in [-0.15, -0.1) is 0 Å². The molecule has 0 amide bonds. The number of hydrogen-bond donors (Lipinski definition) is 1. The first-order valence-electron chi connectivity index (χ1n) is 7.14. The van der Waals surface area contributed by atoms with Crippen molar-refractivity contribution in [3.05, 3.63) is 35.5 Å². The van der Waals surface area contributed by atoms with Crippen LogP contribution in [0.15, 0.2) is 29.2 Å². The second-order valence-electron chi connectivity index (χ2n) is 4.96. The lowest BCUT2D eigenvalue weighted by atomic mass is 10.2. The van der Waals surface area contributed by atoms with Gasteiger partial charge in [-0.1, -0.05) is 6.92 Å². The van der Waals surface area contributed by atoms with Gasteiger partial charge in [0.05, 0.1) is 22.9 Å². The number of benzene rings is 1. The van der Waals surface area contributed by atoms with Gasteiger partial charge in [0.1, 0.15) is 11.4 Å². The van der Waals surface area contributed by atoms with Gasteiger partial charge in [-0.05, 0) is 37.6 Å². The highest BCUT2D eigenvalue weighted by atomic mass is 32.2. The van der Waals surface area contributed by atoms with E-state index in [9.17, 15) is 13.2 Å². The van der Waals surface area contributed by atoms with Crippen LogP contribution in [0.5, 0.6) is 0 Å². The zero-order valence-corrected chi connectivity index (χ0v) is 14.1. The van der Waals surface area contributed by atoms with Gasteiger partial charge in [0.15, 0.2) is 9.84 Å². The molecule has 0 fully saturated rings. The molecule has 0 atom stereocenters. The van der Waals surface area contributed by atoms with Gasteiger partial charge < -0.3 is 10.5 Å². The molecule has 1 heterocycles. The van der Waals surface area contributed by atoms with Crippen LogP contribution in [-0.4, -0.2) is 37.0 Å². The fourth-order valence-corrected chi connectivity index (χ4v) is 2.81. The monoisotopic (exact) mass is 337 g/mol. The number of aromatic nitrogens is 2. The minimum atomic E-state index is -3.28. The van der Waals surface area contributed by atoms with E-state index in [0.29, 0.717) is 17.8 Å². The first-order valence-corrected chi connectivity index (χ1v) is 9.03. The number of anilines is 1. The molecule has 1 aromatic heterocycles. The number of aryl methyl sites for hydroxylation is 1. The Hall–Kier alpha value is -2.35. The van der Waals surface area contributed by atoms with Gasteiger partial charge in [-0.25, -0.2) is 17.9 Å². The summed E-state index contributed by atoms with van der Waals surface area (Å²) in [5.74, 6) is -0.340. The first kappa shape index (κ1) is 17.0. The molecule has 23 heavy (non-hydrogen) atoms. The van der Waals surface area contributed by atoms with Crippen molar-refractivity contribution in [3.63, 3.8) is 0 Å². The lowest BCUT2D eigenvalue weighted by Gasteiger charge is -2.06. The fraction of sp³-hybridized carbons (Fsp3) is 0.333. The largest absolute Gasteiger partial charge is 0.462 e. The second-order valence-corrected chi connectivity index (χ2v) is 6.97. The minimum absolute atomic E-state index is 0.174. The van der Waals surface area contributed by atoms with Crippen molar-refractivity contribution < 1.29 is 17.9 Å². The molecule has 1 aromatic carbocycles. The Kier molecular flexibility index (Phi) is 4.74. The van der Waals surface area contributed by atoms with E-state index < -0.39 is 15.8 Å². The highest BCUT2D eigenvalue weighted by Crippen LogP contribution is 2.23. The van der Waals surface area contributed by atoms with E-state index in [2.05, 4.69) is 5.10 Å². The zero-order chi connectivity index (χ0) is 17.2. The molecule has 2 rings (SSSR count). The highest BCUT2D eigenvalue weighted by molar-refractivity contribution is 7.90. The maximum absolute atomic E-state index is 12.0. The lowest BCUT2D eigenvalue weighted by Crippen LogP contribution is -2.10. The van der Waals surface area contributed by atoms with Crippen molar-refractivity contribution >= 4 is 21.6 Å².